The average Bonchev–Trinajstić information content (AvgIpc) is 3.19. The van der Waals surface area contributed by atoms with E-state index in [4.69, 9.17) is 9.47 Å². The number of thioether (sulfide) groups is 1. The van der Waals surface area contributed by atoms with Gasteiger partial charge in [-0.05, 0) is 30.6 Å². The number of benzene rings is 1. The van der Waals surface area contributed by atoms with Crippen molar-refractivity contribution in [2.45, 2.75) is 37.5 Å². The topological polar surface area (TPSA) is 46.1 Å². The molecular formula is C22H36IN3O2S. The van der Waals surface area contributed by atoms with E-state index in [2.05, 4.69) is 58.2 Å². The summed E-state index contributed by atoms with van der Waals surface area (Å²) in [6, 6.07) is 10.4. The molecule has 164 valence electrons. The molecule has 1 aromatic rings. The Balaban J connectivity index is 0.00000300. The lowest BCUT2D eigenvalue weighted by atomic mass is 9.99. The molecule has 7 heteroatoms. The van der Waals surface area contributed by atoms with Crippen molar-refractivity contribution >= 4 is 41.7 Å². The minimum absolute atomic E-state index is 0. The van der Waals surface area contributed by atoms with E-state index < -0.39 is 0 Å². The first-order valence-corrected chi connectivity index (χ1v) is 11.5. The molecule has 29 heavy (non-hydrogen) atoms. The monoisotopic (exact) mass is 533 g/mol. The highest BCUT2D eigenvalue weighted by Crippen LogP contribution is 2.34. The smallest absolute Gasteiger partial charge is 0.193 e. The molecule has 0 saturated carbocycles. The van der Waals surface area contributed by atoms with Crippen LogP contribution in [0.3, 0.4) is 0 Å². The number of aliphatic imine (C=N–C) groups is 1. The van der Waals surface area contributed by atoms with Crippen LogP contribution in [0.4, 0.5) is 0 Å². The molecule has 2 heterocycles. The van der Waals surface area contributed by atoms with E-state index in [0.717, 1.165) is 70.4 Å². The highest BCUT2D eigenvalue weighted by molar-refractivity contribution is 14.0. The van der Waals surface area contributed by atoms with Crippen LogP contribution in [0.1, 0.15) is 31.7 Å². The molecule has 2 aliphatic heterocycles. The van der Waals surface area contributed by atoms with Crippen LogP contribution in [0, 0.1) is 5.92 Å². The number of guanidine groups is 1. The normalized spacial score (nSPS) is 21.7. The molecule has 0 bridgehead atoms. The third-order valence-electron chi connectivity index (χ3n) is 5.69. The molecule has 1 aromatic carbocycles. The summed E-state index contributed by atoms with van der Waals surface area (Å²) in [7, 11) is 1.89. The lowest BCUT2D eigenvalue weighted by molar-refractivity contribution is 0.0780. The number of likely N-dealkylation sites (tertiary alicyclic amines) is 1. The highest BCUT2D eigenvalue weighted by atomic mass is 127. The molecule has 5 nitrogen and oxygen atoms in total. The van der Waals surface area contributed by atoms with Gasteiger partial charge in [0.05, 0.1) is 13.2 Å². The zero-order valence-corrected chi connectivity index (χ0v) is 20.9. The van der Waals surface area contributed by atoms with Crippen LogP contribution in [0.15, 0.2) is 35.3 Å². The molecule has 0 aromatic heterocycles. The van der Waals surface area contributed by atoms with E-state index in [-0.39, 0.29) is 28.7 Å². The van der Waals surface area contributed by atoms with Crippen LogP contribution < -0.4 is 5.32 Å². The van der Waals surface area contributed by atoms with Gasteiger partial charge in [-0.3, -0.25) is 4.99 Å². The van der Waals surface area contributed by atoms with E-state index in [1.165, 1.54) is 5.56 Å². The number of nitrogens with zero attached hydrogens (tertiary/aromatic N) is 2. The van der Waals surface area contributed by atoms with Crippen LogP contribution >= 0.6 is 35.7 Å². The van der Waals surface area contributed by atoms with Crippen molar-refractivity contribution in [1.82, 2.24) is 10.2 Å². The fourth-order valence-corrected chi connectivity index (χ4v) is 5.31. The minimum Gasteiger partial charge on any atom is -0.381 e. The maximum Gasteiger partial charge on any atom is 0.193 e. The van der Waals surface area contributed by atoms with Crippen molar-refractivity contribution in [2.75, 3.05) is 52.3 Å². The van der Waals surface area contributed by atoms with Gasteiger partial charge in [0.15, 0.2) is 5.96 Å². The van der Waals surface area contributed by atoms with Crippen LogP contribution in [0.5, 0.6) is 0 Å². The Morgan fingerprint density at radius 3 is 2.76 bits per heavy atom. The SMILES string of the molecule is CCSC1(CNC(=NC)N2CCC(COCc3ccccc3)C2)CCOCC1.I. The van der Waals surface area contributed by atoms with Gasteiger partial charge in [0.1, 0.15) is 0 Å². The van der Waals surface area contributed by atoms with E-state index in [0.29, 0.717) is 12.5 Å². The van der Waals surface area contributed by atoms with E-state index in [9.17, 15) is 0 Å². The average molecular weight is 534 g/mol. The van der Waals surface area contributed by atoms with Gasteiger partial charge in [0, 0.05) is 50.6 Å². The van der Waals surface area contributed by atoms with Gasteiger partial charge in [0.25, 0.3) is 0 Å². The molecule has 0 spiro atoms. The van der Waals surface area contributed by atoms with Crippen LogP contribution in [0.25, 0.3) is 0 Å². The number of rotatable bonds is 8. The van der Waals surface area contributed by atoms with Gasteiger partial charge < -0.3 is 19.7 Å². The third kappa shape index (κ3) is 7.60. The van der Waals surface area contributed by atoms with Crippen molar-refractivity contribution in [3.05, 3.63) is 35.9 Å². The number of ether oxygens (including phenoxy) is 2. The van der Waals surface area contributed by atoms with Gasteiger partial charge in [-0.2, -0.15) is 11.8 Å². The Morgan fingerprint density at radius 1 is 1.31 bits per heavy atom. The predicted octanol–water partition coefficient (Wildman–Crippen LogP) is 4.02. The quantitative estimate of drug-likeness (QED) is 0.311. The first-order chi connectivity index (χ1) is 13.7. The lowest BCUT2D eigenvalue weighted by Crippen LogP contribution is -2.49. The molecule has 2 aliphatic rings. The maximum absolute atomic E-state index is 5.96. The molecule has 0 amide bonds. The lowest BCUT2D eigenvalue weighted by Gasteiger charge is -2.37. The Bertz CT molecular complexity index is 606. The van der Waals surface area contributed by atoms with Crippen molar-refractivity contribution in [2.24, 2.45) is 10.9 Å². The first-order valence-electron chi connectivity index (χ1n) is 10.5. The van der Waals surface area contributed by atoms with Crippen molar-refractivity contribution in [3.8, 4) is 0 Å². The maximum atomic E-state index is 5.96. The summed E-state index contributed by atoms with van der Waals surface area (Å²) >= 11 is 2.07. The van der Waals surface area contributed by atoms with E-state index >= 15 is 0 Å². The first kappa shape index (κ1) is 24.8. The second-order valence-corrected chi connectivity index (χ2v) is 9.46. The number of halogens is 1. The fourth-order valence-electron chi connectivity index (χ4n) is 4.07. The summed E-state index contributed by atoms with van der Waals surface area (Å²) in [5.74, 6) is 2.75. The Morgan fingerprint density at radius 2 is 2.07 bits per heavy atom. The number of hydrogen-bond acceptors (Lipinski definition) is 4. The summed E-state index contributed by atoms with van der Waals surface area (Å²) in [5.41, 5.74) is 1.24. The summed E-state index contributed by atoms with van der Waals surface area (Å²) < 4.78 is 11.8. The highest BCUT2D eigenvalue weighted by Gasteiger charge is 2.34. The number of hydrogen-bond donors (Lipinski definition) is 1. The Hall–Kier alpha value is -0.510. The molecule has 2 fully saturated rings. The molecular weight excluding hydrogens is 497 g/mol. The minimum atomic E-state index is 0. The summed E-state index contributed by atoms with van der Waals surface area (Å²) in [6.45, 7) is 8.54. The summed E-state index contributed by atoms with van der Waals surface area (Å²) in [5, 5.41) is 3.67. The zero-order chi connectivity index (χ0) is 19.7. The summed E-state index contributed by atoms with van der Waals surface area (Å²) in [6.07, 6.45) is 3.40. The third-order valence-corrected chi connectivity index (χ3v) is 7.14. The van der Waals surface area contributed by atoms with Crippen molar-refractivity contribution in [3.63, 3.8) is 0 Å². The molecule has 3 rings (SSSR count). The number of nitrogens with one attached hydrogen (secondary N) is 1. The van der Waals surface area contributed by atoms with Crippen LogP contribution in [-0.2, 0) is 16.1 Å². The molecule has 0 aliphatic carbocycles. The van der Waals surface area contributed by atoms with Gasteiger partial charge in [-0.25, -0.2) is 0 Å². The van der Waals surface area contributed by atoms with Gasteiger partial charge in [0.2, 0.25) is 0 Å². The van der Waals surface area contributed by atoms with Gasteiger partial charge in [-0.15, -0.1) is 24.0 Å². The second kappa shape index (κ2) is 13.0. The van der Waals surface area contributed by atoms with Gasteiger partial charge >= 0.3 is 0 Å². The standard InChI is InChI=1S/C22H35N3O2S.HI/c1-3-28-22(10-13-26-14-11-22)18-24-21(23-2)25-12-9-20(15-25)17-27-16-19-7-5-4-6-8-19;/h4-8,20H,3,9-18H2,1-2H3,(H,23,24);1H. The molecule has 1 N–H and O–H groups in total. The van der Waals surface area contributed by atoms with Crippen molar-refractivity contribution < 1.29 is 9.47 Å². The van der Waals surface area contributed by atoms with Crippen LogP contribution in [-0.4, -0.2) is 67.9 Å². The molecule has 0 radical (unpaired) electrons. The molecule has 1 atom stereocenters. The van der Waals surface area contributed by atoms with E-state index in [1.54, 1.807) is 0 Å². The second-order valence-electron chi connectivity index (χ2n) is 7.73. The van der Waals surface area contributed by atoms with E-state index in [1.807, 2.05) is 13.1 Å². The van der Waals surface area contributed by atoms with Crippen molar-refractivity contribution in [1.29, 1.82) is 0 Å². The molecule has 1 unspecified atom stereocenters. The van der Waals surface area contributed by atoms with Crippen LogP contribution in [0.2, 0.25) is 0 Å². The molecule has 2 saturated heterocycles. The zero-order valence-electron chi connectivity index (χ0n) is 17.8. The van der Waals surface area contributed by atoms with Gasteiger partial charge in [-0.1, -0.05) is 37.3 Å². The Labute approximate surface area is 197 Å². The fraction of sp³-hybridized carbons (Fsp3) is 0.682. The predicted molar refractivity (Wildman–Crippen MR) is 133 cm³/mol. The largest absolute Gasteiger partial charge is 0.381 e. The summed E-state index contributed by atoms with van der Waals surface area (Å²) in [4.78, 5) is 6.95. The Kier molecular flexibility index (Phi) is 11.1.